The number of allylic oxidation sites excluding steroid dienone is 2. The molecular formula is C22H24BrNO4. The third-order valence-corrected chi connectivity index (χ3v) is 6.49. The fraction of sp³-hybridized carbons (Fsp3) is 0.500. The molecule has 0 radical (unpaired) electrons. The van der Waals surface area contributed by atoms with E-state index in [0.29, 0.717) is 17.7 Å². The zero-order valence-corrected chi connectivity index (χ0v) is 17.5. The Kier molecular flexibility index (Phi) is 5.78. The molecule has 1 aliphatic carbocycles. The van der Waals surface area contributed by atoms with Crippen molar-refractivity contribution in [3.63, 3.8) is 0 Å². The summed E-state index contributed by atoms with van der Waals surface area (Å²) in [5.41, 5.74) is 3.16. The molecule has 0 N–H and O–H groups in total. The minimum Gasteiger partial charge on any atom is -0.462 e. The van der Waals surface area contributed by atoms with E-state index in [1.54, 1.807) is 0 Å². The molecule has 2 aliphatic heterocycles. The number of ketones is 1. The molecule has 0 spiro atoms. The Balaban J connectivity index is 1.70. The van der Waals surface area contributed by atoms with E-state index in [1.807, 2.05) is 31.2 Å². The molecular weight excluding hydrogens is 422 g/mol. The number of ether oxygens (including phenoxy) is 2. The summed E-state index contributed by atoms with van der Waals surface area (Å²) in [5, 5.41) is 0. The summed E-state index contributed by atoms with van der Waals surface area (Å²) < 4.78 is 12.1. The Labute approximate surface area is 173 Å². The number of benzene rings is 1. The summed E-state index contributed by atoms with van der Waals surface area (Å²) in [6.45, 7) is 2.84. The van der Waals surface area contributed by atoms with Crippen LogP contribution in [0.1, 0.15) is 50.5 Å². The number of carbonyl (C=O) groups is 2. The zero-order chi connectivity index (χ0) is 19.7. The van der Waals surface area contributed by atoms with Crippen molar-refractivity contribution in [3.05, 3.63) is 45.6 Å². The van der Waals surface area contributed by atoms with Crippen molar-refractivity contribution in [2.45, 2.75) is 51.0 Å². The minimum absolute atomic E-state index is 0.0298. The molecule has 3 aliphatic rings. The van der Waals surface area contributed by atoms with Gasteiger partial charge in [-0.3, -0.25) is 14.6 Å². The second kappa shape index (κ2) is 8.29. The molecule has 5 nitrogen and oxygen atoms in total. The Hall–Kier alpha value is -1.79. The van der Waals surface area contributed by atoms with Crippen LogP contribution in [0.2, 0.25) is 0 Å². The minimum atomic E-state index is -0.596. The maximum Gasteiger partial charge on any atom is 0.315 e. The van der Waals surface area contributed by atoms with Gasteiger partial charge in [0.1, 0.15) is 12.5 Å². The van der Waals surface area contributed by atoms with Gasteiger partial charge in [-0.1, -0.05) is 34.1 Å². The average molecular weight is 446 g/mol. The topological polar surface area (TPSA) is 65.0 Å². The number of Topliss-reactive ketones (excluding diaryl/α,β-unsaturated/α-hetero) is 1. The summed E-state index contributed by atoms with van der Waals surface area (Å²) in [6.07, 6.45) is 3.97. The van der Waals surface area contributed by atoms with Crippen molar-refractivity contribution in [1.82, 2.24) is 0 Å². The van der Waals surface area contributed by atoms with Crippen LogP contribution in [0.5, 0.6) is 0 Å². The first-order valence-corrected chi connectivity index (χ1v) is 10.7. The molecule has 1 fully saturated rings. The van der Waals surface area contributed by atoms with E-state index in [9.17, 15) is 9.59 Å². The fourth-order valence-corrected chi connectivity index (χ4v) is 4.95. The van der Waals surface area contributed by atoms with Gasteiger partial charge in [-0.25, -0.2) is 0 Å². The first-order valence-electron chi connectivity index (χ1n) is 9.90. The Bertz CT molecular complexity index is 854. The number of carbonyl (C=O) groups excluding carboxylic acids is 2. The smallest absolute Gasteiger partial charge is 0.315 e. The van der Waals surface area contributed by atoms with Crippen LogP contribution in [0.15, 0.2) is 45.0 Å². The predicted molar refractivity (Wildman–Crippen MR) is 109 cm³/mol. The third kappa shape index (κ3) is 3.72. The third-order valence-electron chi connectivity index (χ3n) is 5.76. The molecule has 6 heteroatoms. The van der Waals surface area contributed by atoms with Gasteiger partial charge in [-0.2, -0.15) is 0 Å². The van der Waals surface area contributed by atoms with Gasteiger partial charge in [0.25, 0.3) is 0 Å². The highest BCUT2D eigenvalue weighted by atomic mass is 79.9. The molecule has 3 atom stereocenters. The quantitative estimate of drug-likeness (QED) is 0.645. The highest BCUT2D eigenvalue weighted by Gasteiger charge is 2.43. The van der Waals surface area contributed by atoms with Crippen LogP contribution in [0.3, 0.4) is 0 Å². The van der Waals surface area contributed by atoms with Crippen LogP contribution in [-0.2, 0) is 19.1 Å². The van der Waals surface area contributed by atoms with Crippen molar-refractivity contribution < 1.29 is 19.1 Å². The van der Waals surface area contributed by atoms with Gasteiger partial charge in [-0.15, -0.1) is 0 Å². The molecule has 1 aromatic rings. The van der Waals surface area contributed by atoms with E-state index in [0.717, 1.165) is 48.0 Å². The largest absolute Gasteiger partial charge is 0.462 e. The van der Waals surface area contributed by atoms with Crippen LogP contribution in [-0.4, -0.2) is 36.8 Å². The van der Waals surface area contributed by atoms with Gasteiger partial charge in [-0.05, 0) is 44.2 Å². The summed E-state index contributed by atoms with van der Waals surface area (Å²) in [7, 11) is 0. The van der Waals surface area contributed by atoms with Crippen molar-refractivity contribution in [2.75, 3.05) is 13.2 Å². The first kappa shape index (κ1) is 19.5. The summed E-state index contributed by atoms with van der Waals surface area (Å²) >= 11 is 3.61. The van der Waals surface area contributed by atoms with Gasteiger partial charge >= 0.3 is 5.97 Å². The summed E-state index contributed by atoms with van der Waals surface area (Å²) in [6, 6.07) is 7.78. The lowest BCUT2D eigenvalue weighted by Gasteiger charge is -2.35. The normalized spacial score (nSPS) is 27.4. The lowest BCUT2D eigenvalue weighted by Crippen LogP contribution is -2.38. The van der Waals surface area contributed by atoms with Crippen LogP contribution < -0.4 is 0 Å². The van der Waals surface area contributed by atoms with E-state index in [4.69, 9.17) is 9.47 Å². The number of hydrogen-bond donors (Lipinski definition) is 0. The molecule has 2 heterocycles. The van der Waals surface area contributed by atoms with Gasteiger partial charge in [0.05, 0.1) is 6.10 Å². The van der Waals surface area contributed by atoms with E-state index in [1.165, 1.54) is 0 Å². The summed E-state index contributed by atoms with van der Waals surface area (Å²) in [4.78, 5) is 30.7. The van der Waals surface area contributed by atoms with E-state index < -0.39 is 5.92 Å². The van der Waals surface area contributed by atoms with Crippen LogP contribution in [0.4, 0.5) is 0 Å². The van der Waals surface area contributed by atoms with E-state index in [2.05, 4.69) is 20.9 Å². The Morgan fingerprint density at radius 2 is 2.11 bits per heavy atom. The molecule has 0 saturated carbocycles. The monoisotopic (exact) mass is 445 g/mol. The molecule has 0 aromatic heterocycles. The van der Waals surface area contributed by atoms with E-state index >= 15 is 0 Å². The van der Waals surface area contributed by atoms with Gasteiger partial charge < -0.3 is 9.47 Å². The summed E-state index contributed by atoms with van der Waals surface area (Å²) in [5.74, 6) is -1.20. The molecule has 1 aromatic carbocycles. The molecule has 0 bridgehead atoms. The Morgan fingerprint density at radius 3 is 2.86 bits per heavy atom. The molecule has 4 rings (SSSR count). The zero-order valence-electron chi connectivity index (χ0n) is 15.9. The van der Waals surface area contributed by atoms with Crippen LogP contribution in [0, 0.1) is 5.92 Å². The van der Waals surface area contributed by atoms with Crippen molar-refractivity contribution in [1.29, 1.82) is 0 Å². The molecule has 1 saturated heterocycles. The van der Waals surface area contributed by atoms with Crippen molar-refractivity contribution in [3.8, 4) is 0 Å². The molecule has 28 heavy (non-hydrogen) atoms. The highest BCUT2D eigenvalue weighted by Crippen LogP contribution is 2.45. The Morgan fingerprint density at radius 1 is 1.29 bits per heavy atom. The number of aliphatic imine (C=N–C) groups is 1. The average Bonchev–Trinajstić information content (AvgIpc) is 3.19. The number of hydrogen-bond acceptors (Lipinski definition) is 5. The van der Waals surface area contributed by atoms with Gasteiger partial charge in [0.15, 0.2) is 5.78 Å². The number of nitrogens with zero attached hydrogens (tertiary/aromatic N) is 1. The maximum atomic E-state index is 13.1. The second-order valence-electron chi connectivity index (χ2n) is 7.63. The van der Waals surface area contributed by atoms with Crippen molar-refractivity contribution in [2.24, 2.45) is 10.9 Å². The molecule has 148 valence electrons. The van der Waals surface area contributed by atoms with E-state index in [-0.39, 0.29) is 30.4 Å². The number of halogens is 1. The number of rotatable bonds is 4. The molecule has 0 amide bonds. The lowest BCUT2D eigenvalue weighted by molar-refractivity contribution is -0.149. The van der Waals surface area contributed by atoms with Gasteiger partial charge in [0, 0.05) is 40.4 Å². The second-order valence-corrected chi connectivity index (χ2v) is 8.49. The predicted octanol–water partition coefficient (Wildman–Crippen LogP) is 4.35. The van der Waals surface area contributed by atoms with Crippen LogP contribution >= 0.6 is 15.9 Å². The standard InChI is InChI=1S/C22H24BrNO4/c1-13-19(22(26)28-12-14-6-5-11-27-14)20(15-7-2-3-8-16(15)23)21-17(24-13)9-4-10-18(21)25/h2-3,7-8,14,19-20H,4-6,9-12H2,1H3/t14-,19?,20-/m1/s1. The fourth-order valence-electron chi connectivity index (χ4n) is 4.42. The number of esters is 1. The van der Waals surface area contributed by atoms with Crippen LogP contribution in [0.25, 0.3) is 0 Å². The first-order chi connectivity index (χ1) is 13.6. The van der Waals surface area contributed by atoms with Crippen molar-refractivity contribution >= 4 is 33.4 Å². The maximum absolute atomic E-state index is 13.1. The van der Waals surface area contributed by atoms with Gasteiger partial charge in [0.2, 0.25) is 0 Å². The molecule has 1 unspecified atom stereocenters. The SMILES string of the molecule is CC1=NC2=C(C(=O)CCC2)[C@H](c2ccccc2Br)C1C(=O)OC[C@H]1CCCO1. The highest BCUT2D eigenvalue weighted by molar-refractivity contribution is 9.10. The lowest BCUT2D eigenvalue weighted by atomic mass is 9.72.